The van der Waals surface area contributed by atoms with Gasteiger partial charge in [0.1, 0.15) is 20.3 Å². The van der Waals surface area contributed by atoms with E-state index in [2.05, 4.69) is 84.6 Å². The van der Waals surface area contributed by atoms with Gasteiger partial charge in [0.2, 0.25) is 0 Å². The molecule has 0 unspecified atom stereocenters. The van der Waals surface area contributed by atoms with Gasteiger partial charge >= 0.3 is 12.2 Å². The molecule has 5 rings (SSSR count). The summed E-state index contributed by atoms with van der Waals surface area (Å²) in [5.74, 6) is 3.46. The number of nitrogens with one attached hydrogen (secondary N) is 1. The second kappa shape index (κ2) is 13.0. The second-order valence-electron chi connectivity index (χ2n) is 13.9. The summed E-state index contributed by atoms with van der Waals surface area (Å²) in [5, 5.41) is 2.98. The molecule has 8 heteroatoms. The molecule has 0 spiro atoms. The lowest BCUT2D eigenvalue weighted by Crippen LogP contribution is -2.50. The predicted octanol–water partition coefficient (Wildman–Crippen LogP) is 7.32. The Hall–Kier alpha value is -4.22. The zero-order valence-electron chi connectivity index (χ0n) is 27.6. The highest BCUT2D eigenvalue weighted by Crippen LogP contribution is 2.44. The van der Waals surface area contributed by atoms with Crippen molar-refractivity contribution in [3.63, 3.8) is 0 Å². The van der Waals surface area contributed by atoms with Crippen LogP contribution >= 0.6 is 0 Å². The van der Waals surface area contributed by atoms with E-state index in [0.717, 1.165) is 22.4 Å². The smallest absolute Gasteiger partial charge is 0.410 e. The van der Waals surface area contributed by atoms with Crippen molar-refractivity contribution in [3.8, 4) is 22.6 Å². The normalized spacial score (nSPS) is 14.6. The predicted molar refractivity (Wildman–Crippen MR) is 183 cm³/mol. The summed E-state index contributed by atoms with van der Waals surface area (Å²) in [7, 11) is -1.61. The van der Waals surface area contributed by atoms with Crippen LogP contribution in [-0.2, 0) is 16.0 Å². The molecule has 1 fully saturated rings. The van der Waals surface area contributed by atoms with Crippen LogP contribution in [0.15, 0.2) is 60.7 Å². The Balaban J connectivity index is 1.28. The van der Waals surface area contributed by atoms with Crippen molar-refractivity contribution in [1.29, 1.82) is 0 Å². The van der Waals surface area contributed by atoms with Gasteiger partial charge in [0.15, 0.2) is 0 Å². The van der Waals surface area contributed by atoms with Crippen LogP contribution in [0.3, 0.4) is 0 Å². The molecule has 0 saturated carbocycles. The second-order valence-corrected chi connectivity index (χ2v) is 18.7. The molecule has 1 aliphatic heterocycles. The van der Waals surface area contributed by atoms with Crippen molar-refractivity contribution < 1.29 is 19.1 Å². The Morgan fingerprint density at radius 3 is 2.11 bits per heavy atom. The van der Waals surface area contributed by atoms with Gasteiger partial charge in [0.05, 0.1) is 0 Å². The largest absolute Gasteiger partial charge is 0.449 e. The van der Waals surface area contributed by atoms with E-state index in [1.54, 1.807) is 4.90 Å². The summed E-state index contributed by atoms with van der Waals surface area (Å²) in [6.45, 7) is 17.6. The molecule has 3 aromatic rings. The van der Waals surface area contributed by atoms with E-state index in [0.29, 0.717) is 32.7 Å². The van der Waals surface area contributed by atoms with E-state index in [1.165, 1.54) is 22.3 Å². The first-order chi connectivity index (χ1) is 21.3. The van der Waals surface area contributed by atoms with Crippen LogP contribution in [0, 0.1) is 18.4 Å². The van der Waals surface area contributed by atoms with Crippen LogP contribution in [0.5, 0.6) is 0 Å². The van der Waals surface area contributed by atoms with Gasteiger partial charge in [-0.25, -0.2) is 9.59 Å². The summed E-state index contributed by atoms with van der Waals surface area (Å²) in [6.07, 6.45) is -0.721. The number of amides is 2. The number of hydrogen-bond donors (Lipinski definition) is 1. The molecule has 2 amide bonds. The van der Waals surface area contributed by atoms with Gasteiger partial charge < -0.3 is 24.6 Å². The van der Waals surface area contributed by atoms with Crippen molar-refractivity contribution in [2.75, 3.05) is 37.7 Å². The molecule has 3 aromatic carbocycles. The van der Waals surface area contributed by atoms with E-state index in [9.17, 15) is 9.59 Å². The van der Waals surface area contributed by atoms with Crippen LogP contribution in [-0.4, -0.2) is 63.5 Å². The minimum Gasteiger partial charge on any atom is -0.449 e. The number of piperazine rings is 1. The molecule has 7 nitrogen and oxygen atoms in total. The van der Waals surface area contributed by atoms with Gasteiger partial charge in [-0.3, -0.25) is 0 Å². The minimum atomic E-state index is -1.61. The standard InChI is InChI=1S/C37H45N3O4Si/c1-26-28(16-21-45(5,6)7)22-27(23-34(26)39-17-19-40(20-18-39)36(42)44-37(2,3)4)24-38-35(41)43-25-33-31-14-10-8-12-29(31)30-13-9-11-15-32(30)33/h8-15,22-23,33H,17-20,24-25H2,1-7H3,(H,38,41). The molecule has 1 aliphatic carbocycles. The molecule has 0 radical (unpaired) electrons. The first-order valence-electron chi connectivity index (χ1n) is 15.8. The van der Waals surface area contributed by atoms with Crippen molar-refractivity contribution >= 4 is 25.9 Å². The molecule has 1 heterocycles. The summed E-state index contributed by atoms with van der Waals surface area (Å²) < 4.78 is 11.4. The molecule has 0 atom stereocenters. The summed E-state index contributed by atoms with van der Waals surface area (Å²) in [4.78, 5) is 29.7. The first-order valence-corrected chi connectivity index (χ1v) is 19.3. The quantitative estimate of drug-likeness (QED) is 0.238. The Kier molecular flexibility index (Phi) is 9.31. The van der Waals surface area contributed by atoms with Crippen LogP contribution in [0.4, 0.5) is 15.3 Å². The molecule has 1 saturated heterocycles. The van der Waals surface area contributed by atoms with Gasteiger partial charge in [-0.15, -0.1) is 5.54 Å². The first kappa shape index (κ1) is 32.2. The van der Waals surface area contributed by atoms with Crippen LogP contribution in [0.25, 0.3) is 11.1 Å². The highest BCUT2D eigenvalue weighted by molar-refractivity contribution is 6.83. The highest BCUT2D eigenvalue weighted by Gasteiger charge is 2.29. The fraction of sp³-hybridized carbons (Fsp3) is 0.405. The number of anilines is 1. The van der Waals surface area contributed by atoms with E-state index >= 15 is 0 Å². The SMILES string of the molecule is Cc1c(C#C[Si](C)(C)C)cc(CNC(=O)OCC2c3ccccc3-c3ccccc32)cc1N1CCN(C(=O)OC(C)(C)C)CC1. The molecule has 0 aromatic heterocycles. The topological polar surface area (TPSA) is 71.1 Å². The zero-order valence-corrected chi connectivity index (χ0v) is 28.6. The molecule has 2 aliphatic rings. The molecular formula is C37H45N3O4Si. The number of rotatable bonds is 5. The van der Waals surface area contributed by atoms with Gasteiger partial charge in [-0.2, -0.15) is 0 Å². The van der Waals surface area contributed by atoms with Crippen LogP contribution in [0.2, 0.25) is 19.6 Å². The monoisotopic (exact) mass is 623 g/mol. The third-order valence-corrected chi connectivity index (χ3v) is 8.94. The highest BCUT2D eigenvalue weighted by atomic mass is 28.3. The lowest BCUT2D eigenvalue weighted by atomic mass is 9.98. The maximum absolute atomic E-state index is 13.0. The summed E-state index contributed by atoms with van der Waals surface area (Å²) in [6, 6.07) is 20.9. The maximum Gasteiger partial charge on any atom is 0.410 e. The number of ether oxygens (including phenoxy) is 2. The molecule has 236 valence electrons. The number of carbonyl (C=O) groups excluding carboxylic acids is 2. The average Bonchev–Trinajstić information content (AvgIpc) is 3.31. The van der Waals surface area contributed by atoms with Crippen LogP contribution < -0.4 is 10.2 Å². The lowest BCUT2D eigenvalue weighted by Gasteiger charge is -2.37. The number of alkyl carbamates (subject to hydrolysis) is 1. The Morgan fingerprint density at radius 1 is 0.933 bits per heavy atom. The fourth-order valence-corrected chi connectivity index (χ4v) is 6.36. The van der Waals surface area contributed by atoms with Crippen molar-refractivity contribution in [2.24, 2.45) is 0 Å². The third-order valence-electron chi connectivity index (χ3n) is 8.06. The number of fused-ring (bicyclic) bond motifs is 3. The molecule has 0 bridgehead atoms. The number of nitrogens with zero attached hydrogens (tertiary/aromatic N) is 2. The summed E-state index contributed by atoms with van der Waals surface area (Å²) >= 11 is 0. The average molecular weight is 624 g/mol. The molecule has 45 heavy (non-hydrogen) atoms. The van der Waals surface area contributed by atoms with Gasteiger partial charge in [-0.05, 0) is 73.2 Å². The van der Waals surface area contributed by atoms with Gasteiger partial charge in [-0.1, -0.05) is 74.1 Å². The zero-order chi connectivity index (χ0) is 32.4. The van der Waals surface area contributed by atoms with Gasteiger partial charge in [0.25, 0.3) is 0 Å². The summed E-state index contributed by atoms with van der Waals surface area (Å²) in [5.41, 5.74) is 11.9. The lowest BCUT2D eigenvalue weighted by molar-refractivity contribution is 0.0240. The Bertz CT molecular complexity index is 1590. The van der Waals surface area contributed by atoms with E-state index in [1.807, 2.05) is 45.0 Å². The number of benzene rings is 3. The van der Waals surface area contributed by atoms with E-state index in [-0.39, 0.29) is 18.6 Å². The number of carbonyl (C=O) groups is 2. The Morgan fingerprint density at radius 2 is 1.53 bits per heavy atom. The maximum atomic E-state index is 13.0. The third kappa shape index (κ3) is 7.90. The van der Waals surface area contributed by atoms with Gasteiger partial charge in [0, 0.05) is 49.9 Å². The Labute approximate surface area is 268 Å². The van der Waals surface area contributed by atoms with Crippen molar-refractivity contribution in [2.45, 2.75) is 65.4 Å². The van der Waals surface area contributed by atoms with E-state index < -0.39 is 19.8 Å². The van der Waals surface area contributed by atoms with Crippen molar-refractivity contribution in [3.05, 3.63) is 88.5 Å². The van der Waals surface area contributed by atoms with Crippen molar-refractivity contribution in [1.82, 2.24) is 10.2 Å². The van der Waals surface area contributed by atoms with Crippen LogP contribution in [0.1, 0.15) is 54.5 Å². The van der Waals surface area contributed by atoms with E-state index in [4.69, 9.17) is 9.47 Å². The molecular weight excluding hydrogens is 579 g/mol. The number of hydrogen-bond acceptors (Lipinski definition) is 5. The molecule has 1 N–H and O–H groups in total. The minimum absolute atomic E-state index is 0.0110. The fourth-order valence-electron chi connectivity index (χ4n) is 5.85.